The average Bonchev–Trinajstić information content (AvgIpc) is 3.25. The molecule has 0 aliphatic heterocycles. The summed E-state index contributed by atoms with van der Waals surface area (Å²) in [4.78, 5) is 0. The molecule has 0 amide bonds. The van der Waals surface area contributed by atoms with E-state index in [2.05, 4.69) is 11.4 Å². The fourth-order valence-corrected chi connectivity index (χ4v) is 2.41. The summed E-state index contributed by atoms with van der Waals surface area (Å²) >= 11 is 12.0. The van der Waals surface area contributed by atoms with Crippen LogP contribution in [0.3, 0.4) is 0 Å². The third kappa shape index (κ3) is 3.45. The molecule has 0 aromatic heterocycles. The predicted octanol–water partition coefficient (Wildman–Crippen LogP) is 5.04. The van der Waals surface area contributed by atoms with Crippen molar-refractivity contribution in [3.8, 4) is 11.5 Å². The van der Waals surface area contributed by atoms with Crippen LogP contribution in [0.1, 0.15) is 18.4 Å². The van der Waals surface area contributed by atoms with Gasteiger partial charge in [-0.2, -0.15) is 0 Å². The van der Waals surface area contributed by atoms with Crippen LogP contribution in [0, 0.1) is 0 Å². The SMILES string of the molecule is Clc1ccc(Oc2ccccc2CNC2CC2)c(Cl)c1. The molecule has 2 aromatic rings. The third-order valence-electron chi connectivity index (χ3n) is 3.24. The summed E-state index contributed by atoms with van der Waals surface area (Å²) in [5, 5.41) is 4.61. The smallest absolute Gasteiger partial charge is 0.146 e. The van der Waals surface area contributed by atoms with Crippen LogP contribution in [0.5, 0.6) is 11.5 Å². The minimum Gasteiger partial charge on any atom is -0.455 e. The van der Waals surface area contributed by atoms with Crippen LogP contribution in [0.25, 0.3) is 0 Å². The summed E-state index contributed by atoms with van der Waals surface area (Å²) in [6, 6.07) is 13.9. The van der Waals surface area contributed by atoms with E-state index in [1.807, 2.05) is 18.2 Å². The molecule has 1 fully saturated rings. The second-order valence-electron chi connectivity index (χ2n) is 4.94. The molecule has 0 saturated heterocycles. The Morgan fingerprint density at radius 2 is 1.85 bits per heavy atom. The molecule has 3 rings (SSSR count). The zero-order chi connectivity index (χ0) is 13.9. The molecule has 1 N–H and O–H groups in total. The van der Waals surface area contributed by atoms with Crippen molar-refractivity contribution in [2.24, 2.45) is 0 Å². The number of hydrogen-bond donors (Lipinski definition) is 1. The number of ether oxygens (including phenoxy) is 1. The van der Waals surface area contributed by atoms with Gasteiger partial charge >= 0.3 is 0 Å². The molecule has 0 radical (unpaired) electrons. The van der Waals surface area contributed by atoms with E-state index in [0.717, 1.165) is 17.9 Å². The van der Waals surface area contributed by atoms with E-state index in [-0.39, 0.29) is 0 Å². The van der Waals surface area contributed by atoms with Crippen molar-refractivity contribution in [3.63, 3.8) is 0 Å². The Morgan fingerprint density at radius 1 is 1.05 bits per heavy atom. The van der Waals surface area contributed by atoms with Gasteiger partial charge in [-0.05, 0) is 37.1 Å². The van der Waals surface area contributed by atoms with E-state index in [1.165, 1.54) is 12.8 Å². The van der Waals surface area contributed by atoms with Crippen LogP contribution in [-0.2, 0) is 6.54 Å². The van der Waals surface area contributed by atoms with Crippen LogP contribution >= 0.6 is 23.2 Å². The van der Waals surface area contributed by atoms with Gasteiger partial charge in [0.2, 0.25) is 0 Å². The molecule has 0 heterocycles. The van der Waals surface area contributed by atoms with Crippen LogP contribution in [0.4, 0.5) is 0 Å². The lowest BCUT2D eigenvalue weighted by Crippen LogP contribution is -2.15. The Morgan fingerprint density at radius 3 is 2.60 bits per heavy atom. The summed E-state index contributed by atoms with van der Waals surface area (Å²) in [5.74, 6) is 1.44. The van der Waals surface area contributed by atoms with Crippen LogP contribution in [0.2, 0.25) is 10.0 Å². The average molecular weight is 308 g/mol. The third-order valence-corrected chi connectivity index (χ3v) is 3.78. The lowest BCUT2D eigenvalue weighted by molar-refractivity contribution is 0.473. The molecular weight excluding hydrogens is 293 g/mol. The van der Waals surface area contributed by atoms with Crippen LogP contribution < -0.4 is 10.1 Å². The minimum atomic E-state index is 0.516. The van der Waals surface area contributed by atoms with Crippen molar-refractivity contribution in [3.05, 3.63) is 58.1 Å². The predicted molar refractivity (Wildman–Crippen MR) is 82.8 cm³/mol. The van der Waals surface area contributed by atoms with Gasteiger partial charge in [0, 0.05) is 23.2 Å². The van der Waals surface area contributed by atoms with Crippen molar-refractivity contribution < 1.29 is 4.74 Å². The minimum absolute atomic E-state index is 0.516. The standard InChI is InChI=1S/C16H15Cl2NO/c17-12-5-8-16(14(18)9-12)20-15-4-2-1-3-11(15)10-19-13-6-7-13/h1-5,8-9,13,19H,6-7,10H2. The lowest BCUT2D eigenvalue weighted by atomic mass is 10.2. The van der Waals surface area contributed by atoms with Gasteiger partial charge in [-0.15, -0.1) is 0 Å². The van der Waals surface area contributed by atoms with E-state index in [0.29, 0.717) is 21.8 Å². The lowest BCUT2D eigenvalue weighted by Gasteiger charge is -2.12. The van der Waals surface area contributed by atoms with Gasteiger partial charge in [0.15, 0.2) is 0 Å². The summed E-state index contributed by atoms with van der Waals surface area (Å²) in [6.45, 7) is 0.812. The largest absolute Gasteiger partial charge is 0.455 e. The molecule has 1 saturated carbocycles. The highest BCUT2D eigenvalue weighted by atomic mass is 35.5. The van der Waals surface area contributed by atoms with E-state index >= 15 is 0 Å². The highest BCUT2D eigenvalue weighted by molar-refractivity contribution is 6.35. The Bertz CT molecular complexity index is 611. The molecule has 0 atom stereocenters. The first-order chi connectivity index (χ1) is 9.72. The first-order valence-corrected chi connectivity index (χ1v) is 7.42. The van der Waals surface area contributed by atoms with E-state index in [1.54, 1.807) is 18.2 Å². The molecule has 0 unspecified atom stereocenters. The summed E-state index contributed by atoms with van der Waals surface area (Å²) in [6.07, 6.45) is 2.54. The van der Waals surface area contributed by atoms with Crippen molar-refractivity contribution in [1.82, 2.24) is 5.32 Å². The maximum absolute atomic E-state index is 6.14. The van der Waals surface area contributed by atoms with Crippen molar-refractivity contribution >= 4 is 23.2 Å². The second kappa shape index (κ2) is 6.04. The summed E-state index contributed by atoms with van der Waals surface area (Å²) in [7, 11) is 0. The van der Waals surface area contributed by atoms with Gasteiger partial charge in [-0.25, -0.2) is 0 Å². The van der Waals surface area contributed by atoms with Gasteiger partial charge in [0.25, 0.3) is 0 Å². The van der Waals surface area contributed by atoms with Crippen molar-refractivity contribution in [2.45, 2.75) is 25.4 Å². The van der Waals surface area contributed by atoms with E-state index < -0.39 is 0 Å². The number of benzene rings is 2. The van der Waals surface area contributed by atoms with Crippen LogP contribution in [0.15, 0.2) is 42.5 Å². The molecule has 20 heavy (non-hydrogen) atoms. The normalized spacial score (nSPS) is 14.3. The molecule has 0 bridgehead atoms. The second-order valence-corrected chi connectivity index (χ2v) is 5.78. The number of para-hydroxylation sites is 1. The van der Waals surface area contributed by atoms with Crippen molar-refractivity contribution in [1.29, 1.82) is 0 Å². The molecule has 1 aliphatic carbocycles. The van der Waals surface area contributed by atoms with E-state index in [9.17, 15) is 0 Å². The quantitative estimate of drug-likeness (QED) is 0.835. The zero-order valence-corrected chi connectivity index (χ0v) is 12.4. The maximum Gasteiger partial charge on any atom is 0.146 e. The Balaban J connectivity index is 1.78. The summed E-state index contributed by atoms with van der Waals surface area (Å²) < 4.78 is 5.92. The summed E-state index contributed by atoms with van der Waals surface area (Å²) in [5.41, 5.74) is 1.13. The van der Waals surface area contributed by atoms with Gasteiger partial charge < -0.3 is 10.1 Å². The monoisotopic (exact) mass is 307 g/mol. The van der Waals surface area contributed by atoms with Gasteiger partial charge in [0.1, 0.15) is 11.5 Å². The van der Waals surface area contributed by atoms with Gasteiger partial charge in [-0.3, -0.25) is 0 Å². The molecule has 2 aromatic carbocycles. The number of hydrogen-bond acceptors (Lipinski definition) is 2. The first-order valence-electron chi connectivity index (χ1n) is 6.66. The first kappa shape index (κ1) is 13.7. The van der Waals surface area contributed by atoms with Crippen molar-refractivity contribution in [2.75, 3.05) is 0 Å². The number of rotatable bonds is 5. The van der Waals surface area contributed by atoms with Gasteiger partial charge in [0.05, 0.1) is 5.02 Å². The Kier molecular flexibility index (Phi) is 4.16. The van der Waals surface area contributed by atoms with Crippen LogP contribution in [-0.4, -0.2) is 6.04 Å². The fraction of sp³-hybridized carbons (Fsp3) is 0.250. The zero-order valence-electron chi connectivity index (χ0n) is 10.9. The molecule has 0 spiro atoms. The Labute approximate surface area is 128 Å². The highest BCUT2D eigenvalue weighted by Crippen LogP contribution is 2.33. The topological polar surface area (TPSA) is 21.3 Å². The van der Waals surface area contributed by atoms with Gasteiger partial charge in [-0.1, -0.05) is 41.4 Å². The molecule has 1 aliphatic rings. The number of nitrogens with one attached hydrogen (secondary N) is 1. The molecule has 4 heteroatoms. The molecule has 104 valence electrons. The maximum atomic E-state index is 6.14. The fourth-order valence-electron chi connectivity index (χ4n) is 1.97. The number of halogens is 2. The van der Waals surface area contributed by atoms with E-state index in [4.69, 9.17) is 27.9 Å². The molecule has 2 nitrogen and oxygen atoms in total. The molecular formula is C16H15Cl2NO. The highest BCUT2D eigenvalue weighted by Gasteiger charge is 2.20. The Hall–Kier alpha value is -1.22.